The van der Waals surface area contributed by atoms with Gasteiger partial charge in [0, 0.05) is 8.95 Å². The average Bonchev–Trinajstić information content (AvgIpc) is 2.95. The molecule has 1 heterocycles. The van der Waals surface area contributed by atoms with Crippen LogP contribution in [0.25, 0.3) is 0 Å². The van der Waals surface area contributed by atoms with Gasteiger partial charge >= 0.3 is 10.1 Å². The minimum Gasteiger partial charge on any atom is -0.379 e. The minimum atomic E-state index is -4.03. The van der Waals surface area contributed by atoms with Gasteiger partial charge in [0.15, 0.2) is 5.17 Å². The molecule has 1 N–H and O–H groups in total. The smallest absolute Gasteiger partial charge is 0.340 e. The summed E-state index contributed by atoms with van der Waals surface area (Å²) in [6.45, 7) is 1.77. The van der Waals surface area contributed by atoms with Crippen molar-refractivity contribution in [1.82, 2.24) is 5.32 Å². The lowest BCUT2D eigenvalue weighted by atomic mass is 10.2. The first-order valence-electron chi connectivity index (χ1n) is 7.83. The zero-order chi connectivity index (χ0) is 20.3. The van der Waals surface area contributed by atoms with E-state index in [0.29, 0.717) is 19.7 Å². The molecule has 0 spiro atoms. The van der Waals surface area contributed by atoms with Gasteiger partial charge in [-0.05, 0) is 58.7 Å². The number of carbonyl (C=O) groups is 1. The monoisotopic (exact) mass is 545 g/mol. The van der Waals surface area contributed by atoms with Gasteiger partial charge in [-0.2, -0.15) is 13.5 Å². The third kappa shape index (κ3) is 5.22. The van der Waals surface area contributed by atoms with Crippen molar-refractivity contribution in [3.63, 3.8) is 0 Å². The number of amides is 1. The number of hydrogen-bond donors (Lipinski definition) is 1. The maximum absolute atomic E-state index is 12.6. The van der Waals surface area contributed by atoms with Crippen molar-refractivity contribution < 1.29 is 17.4 Å². The van der Waals surface area contributed by atoms with Crippen molar-refractivity contribution in [2.75, 3.05) is 0 Å². The van der Waals surface area contributed by atoms with E-state index in [1.165, 1.54) is 36.2 Å². The third-order valence-electron chi connectivity index (χ3n) is 3.47. The molecule has 0 unspecified atom stereocenters. The highest BCUT2D eigenvalue weighted by Crippen LogP contribution is 2.28. The quantitative estimate of drug-likeness (QED) is 0.348. The van der Waals surface area contributed by atoms with E-state index in [1.54, 1.807) is 31.2 Å². The van der Waals surface area contributed by atoms with E-state index in [4.69, 9.17) is 4.18 Å². The van der Waals surface area contributed by atoms with Crippen LogP contribution in [0.4, 0.5) is 0 Å². The van der Waals surface area contributed by atoms with Crippen LogP contribution in [-0.2, 0) is 14.9 Å². The van der Waals surface area contributed by atoms with Crippen LogP contribution in [0.15, 0.2) is 66.5 Å². The van der Waals surface area contributed by atoms with Gasteiger partial charge in [0.05, 0.1) is 11.5 Å². The van der Waals surface area contributed by atoms with Crippen molar-refractivity contribution >= 4 is 71.0 Å². The lowest BCUT2D eigenvalue weighted by Crippen LogP contribution is -2.23. The summed E-state index contributed by atoms with van der Waals surface area (Å²) in [6.07, 6.45) is 1.44. The molecule has 7 nitrogen and oxygen atoms in total. The van der Waals surface area contributed by atoms with Crippen LogP contribution in [0.1, 0.15) is 12.5 Å². The summed E-state index contributed by atoms with van der Waals surface area (Å²) in [7, 11) is -4.03. The van der Waals surface area contributed by atoms with E-state index < -0.39 is 10.1 Å². The molecule has 1 aliphatic rings. The summed E-state index contributed by atoms with van der Waals surface area (Å²) in [6, 6.07) is 11.2. The fraction of sp³-hybridized carbons (Fsp3) is 0.118. The standard InChI is InChI=1S/C17H13Br2N3O4S2/c1-10-16(23)21-17(27-10)22-20-9-11-3-2-4-13(7-11)26-28(24,25)15-8-12(18)5-6-14(15)19/h2-10H,1H3,(H,21,22,23)/b20-9-/t10-/m0/s1. The maximum atomic E-state index is 12.6. The van der Waals surface area contributed by atoms with Gasteiger partial charge in [-0.1, -0.05) is 39.8 Å². The topological polar surface area (TPSA) is 97.2 Å². The van der Waals surface area contributed by atoms with Crippen LogP contribution >= 0.6 is 43.6 Å². The average molecular weight is 547 g/mol. The van der Waals surface area contributed by atoms with Crippen molar-refractivity contribution in [2.45, 2.75) is 17.1 Å². The Kier molecular flexibility index (Phi) is 6.58. The van der Waals surface area contributed by atoms with Crippen LogP contribution in [-0.4, -0.2) is 31.0 Å². The molecular formula is C17H13Br2N3O4S2. The first-order valence-corrected chi connectivity index (χ1v) is 11.7. The zero-order valence-electron chi connectivity index (χ0n) is 14.3. The molecule has 28 heavy (non-hydrogen) atoms. The highest BCUT2D eigenvalue weighted by Gasteiger charge is 2.25. The fourth-order valence-electron chi connectivity index (χ4n) is 2.14. The zero-order valence-corrected chi connectivity index (χ0v) is 19.1. The van der Waals surface area contributed by atoms with Crippen LogP contribution in [0.2, 0.25) is 0 Å². The molecule has 1 amide bonds. The molecule has 1 aliphatic heterocycles. The number of nitrogens with one attached hydrogen (secondary N) is 1. The molecule has 1 fully saturated rings. The number of nitrogens with zero attached hydrogens (tertiary/aromatic N) is 2. The highest BCUT2D eigenvalue weighted by molar-refractivity contribution is 9.11. The first-order chi connectivity index (χ1) is 13.2. The van der Waals surface area contributed by atoms with E-state index in [0.717, 1.165) is 0 Å². The summed E-state index contributed by atoms with van der Waals surface area (Å²) in [5.41, 5.74) is 0.590. The second-order valence-corrected chi connectivity index (χ2v) is 10.2. The summed E-state index contributed by atoms with van der Waals surface area (Å²) in [4.78, 5) is 11.4. The molecule has 2 aromatic carbocycles. The van der Waals surface area contributed by atoms with E-state index in [9.17, 15) is 13.2 Å². The number of hydrogen-bond acceptors (Lipinski definition) is 7. The van der Waals surface area contributed by atoms with Gasteiger partial charge in [-0.25, -0.2) is 0 Å². The van der Waals surface area contributed by atoms with Crippen molar-refractivity contribution in [3.8, 4) is 5.75 Å². The summed E-state index contributed by atoms with van der Waals surface area (Å²) in [5, 5.41) is 10.7. The molecule has 2 aromatic rings. The molecule has 3 rings (SSSR count). The Hall–Kier alpha value is -1.69. The lowest BCUT2D eigenvalue weighted by molar-refractivity contribution is -0.118. The molecule has 0 aliphatic carbocycles. The normalized spacial score (nSPS) is 18.6. The molecule has 146 valence electrons. The van der Waals surface area contributed by atoms with Gasteiger partial charge < -0.3 is 9.50 Å². The van der Waals surface area contributed by atoms with E-state index in [-0.39, 0.29) is 21.8 Å². The van der Waals surface area contributed by atoms with Crippen LogP contribution in [0.5, 0.6) is 5.75 Å². The van der Waals surface area contributed by atoms with Crippen LogP contribution in [0.3, 0.4) is 0 Å². The summed E-state index contributed by atoms with van der Waals surface area (Å²) in [5.74, 6) is 0.0268. The molecular weight excluding hydrogens is 534 g/mol. The Morgan fingerprint density at radius 1 is 1.21 bits per heavy atom. The SMILES string of the molecule is C[C@@H]1S/C(=N\N=C/c2cccc(OS(=O)(=O)c3cc(Br)ccc3Br)c2)NC1=O. The molecule has 1 atom stereocenters. The lowest BCUT2D eigenvalue weighted by Gasteiger charge is -2.09. The third-order valence-corrected chi connectivity index (χ3v) is 7.18. The predicted octanol–water partition coefficient (Wildman–Crippen LogP) is 3.92. The van der Waals surface area contributed by atoms with Gasteiger partial charge in [0.1, 0.15) is 10.6 Å². The number of amidine groups is 1. The molecule has 11 heteroatoms. The molecule has 0 saturated carbocycles. The highest BCUT2D eigenvalue weighted by atomic mass is 79.9. The Labute approximate surface area is 183 Å². The van der Waals surface area contributed by atoms with Crippen molar-refractivity contribution in [3.05, 3.63) is 57.0 Å². The van der Waals surface area contributed by atoms with Gasteiger partial charge in [-0.3, -0.25) is 4.79 Å². The number of benzene rings is 2. The number of carbonyl (C=O) groups excluding carboxylic acids is 1. The van der Waals surface area contributed by atoms with E-state index >= 15 is 0 Å². The van der Waals surface area contributed by atoms with Crippen LogP contribution in [0, 0.1) is 0 Å². The number of rotatable bonds is 5. The minimum absolute atomic E-state index is 0.00969. The van der Waals surface area contributed by atoms with E-state index in [1.807, 2.05) is 0 Å². The Morgan fingerprint density at radius 2 is 2.00 bits per heavy atom. The van der Waals surface area contributed by atoms with E-state index in [2.05, 4.69) is 47.4 Å². The second-order valence-electron chi connectivity index (χ2n) is 5.58. The van der Waals surface area contributed by atoms with Gasteiger partial charge in [0.25, 0.3) is 0 Å². The maximum Gasteiger partial charge on any atom is 0.340 e. The summed E-state index contributed by atoms with van der Waals surface area (Å²) < 4.78 is 31.4. The van der Waals surface area contributed by atoms with Crippen molar-refractivity contribution in [2.24, 2.45) is 10.2 Å². The van der Waals surface area contributed by atoms with Crippen LogP contribution < -0.4 is 9.50 Å². The largest absolute Gasteiger partial charge is 0.379 e. The summed E-state index contributed by atoms with van der Waals surface area (Å²) >= 11 is 7.76. The Bertz CT molecular complexity index is 1090. The molecule has 1 saturated heterocycles. The molecule has 0 bridgehead atoms. The first kappa shape index (κ1) is 21.0. The molecule has 0 aromatic heterocycles. The van der Waals surface area contributed by atoms with Gasteiger partial charge in [0.2, 0.25) is 5.91 Å². The second kappa shape index (κ2) is 8.76. The fourth-order valence-corrected chi connectivity index (χ4v) is 5.27. The van der Waals surface area contributed by atoms with Gasteiger partial charge in [-0.15, -0.1) is 5.10 Å². The molecule has 0 radical (unpaired) electrons. The number of halogens is 2. The predicted molar refractivity (Wildman–Crippen MR) is 116 cm³/mol. The Morgan fingerprint density at radius 3 is 2.71 bits per heavy atom. The Balaban J connectivity index is 1.76. The number of thioether (sulfide) groups is 1. The van der Waals surface area contributed by atoms with Crippen molar-refractivity contribution in [1.29, 1.82) is 0 Å².